The van der Waals surface area contributed by atoms with E-state index in [1.165, 1.54) is 55.0 Å². The van der Waals surface area contributed by atoms with E-state index in [0.717, 1.165) is 0 Å². The third-order valence-corrected chi connectivity index (χ3v) is 5.28. The van der Waals surface area contributed by atoms with Crippen molar-refractivity contribution in [3.05, 3.63) is 71.6 Å². The summed E-state index contributed by atoms with van der Waals surface area (Å²) in [5.74, 6) is -2.22. The van der Waals surface area contributed by atoms with Crippen molar-refractivity contribution in [2.45, 2.75) is 17.5 Å². The molecule has 1 atom stereocenters. The standard InChI is InChI=1S/C17H13F3N4O3S/c1-28(26,13-6-8-21-9-7-13)24-15(25)12-4-2-11(3-5-12)10-14-22-16(27-23-14)17(18,19)20/h2-9H,10H2,1H3. The monoisotopic (exact) mass is 410 g/mol. The highest BCUT2D eigenvalue weighted by Gasteiger charge is 2.38. The molecule has 146 valence electrons. The number of halogens is 3. The Kier molecular flexibility index (Phi) is 5.27. The number of alkyl halides is 3. The summed E-state index contributed by atoms with van der Waals surface area (Å²) in [5, 5.41) is 3.28. The molecule has 0 aliphatic carbocycles. The van der Waals surface area contributed by atoms with Crippen LogP contribution in [0.2, 0.25) is 0 Å². The first-order valence-electron chi connectivity index (χ1n) is 7.80. The summed E-state index contributed by atoms with van der Waals surface area (Å²) in [5.41, 5.74) is 0.758. The molecule has 7 nitrogen and oxygen atoms in total. The summed E-state index contributed by atoms with van der Waals surface area (Å²) in [6.07, 6.45) is -0.453. The molecule has 0 aliphatic heterocycles. The Morgan fingerprint density at radius 2 is 1.79 bits per heavy atom. The smallest absolute Gasteiger partial charge is 0.329 e. The molecule has 2 aromatic heterocycles. The van der Waals surface area contributed by atoms with Crippen LogP contribution in [0.15, 0.2) is 62.6 Å². The van der Waals surface area contributed by atoms with Gasteiger partial charge in [-0.15, -0.1) is 0 Å². The Bertz CT molecular complexity index is 1100. The molecule has 0 radical (unpaired) electrons. The maximum Gasteiger partial charge on any atom is 0.471 e. The van der Waals surface area contributed by atoms with Gasteiger partial charge in [-0.05, 0) is 29.8 Å². The van der Waals surface area contributed by atoms with Gasteiger partial charge >= 0.3 is 12.1 Å². The molecule has 1 unspecified atom stereocenters. The van der Waals surface area contributed by atoms with Gasteiger partial charge in [-0.25, -0.2) is 4.21 Å². The summed E-state index contributed by atoms with van der Waals surface area (Å²) in [6, 6.07) is 8.96. The van der Waals surface area contributed by atoms with E-state index in [2.05, 4.69) is 24.0 Å². The molecule has 1 aromatic carbocycles. The quantitative estimate of drug-likeness (QED) is 0.654. The van der Waals surface area contributed by atoms with Crippen molar-refractivity contribution in [3.8, 4) is 0 Å². The lowest BCUT2D eigenvalue weighted by atomic mass is 10.1. The number of hydrogen-bond acceptors (Lipinski definition) is 6. The highest BCUT2D eigenvalue weighted by Crippen LogP contribution is 2.27. The summed E-state index contributed by atoms with van der Waals surface area (Å²) in [6.45, 7) is 0. The molecular formula is C17H13F3N4O3S. The van der Waals surface area contributed by atoms with Crippen molar-refractivity contribution >= 4 is 15.6 Å². The topological polar surface area (TPSA) is 98.3 Å². The molecule has 0 spiro atoms. The first-order valence-corrected chi connectivity index (χ1v) is 9.73. The zero-order valence-electron chi connectivity index (χ0n) is 14.4. The minimum absolute atomic E-state index is 0.00721. The van der Waals surface area contributed by atoms with Crippen LogP contribution in [0.3, 0.4) is 0 Å². The Labute approximate surface area is 157 Å². The van der Waals surface area contributed by atoms with Crippen LogP contribution in [0.4, 0.5) is 13.2 Å². The van der Waals surface area contributed by atoms with Crippen LogP contribution >= 0.6 is 0 Å². The Morgan fingerprint density at radius 1 is 1.14 bits per heavy atom. The lowest BCUT2D eigenvalue weighted by Gasteiger charge is -2.04. The van der Waals surface area contributed by atoms with E-state index in [1.54, 1.807) is 0 Å². The van der Waals surface area contributed by atoms with Crippen LogP contribution in [-0.4, -0.2) is 31.5 Å². The normalized spacial score (nSPS) is 13.7. The first kappa shape index (κ1) is 19.7. The van der Waals surface area contributed by atoms with Gasteiger partial charge in [-0.2, -0.15) is 22.5 Å². The second kappa shape index (κ2) is 7.50. The third-order valence-electron chi connectivity index (χ3n) is 3.62. The first-order chi connectivity index (χ1) is 13.1. The van der Waals surface area contributed by atoms with Crippen LogP contribution in [-0.2, 0) is 22.3 Å². The van der Waals surface area contributed by atoms with Crippen LogP contribution in [0.25, 0.3) is 0 Å². The van der Waals surface area contributed by atoms with Gasteiger partial charge in [0.15, 0.2) is 5.82 Å². The lowest BCUT2D eigenvalue weighted by molar-refractivity contribution is -0.159. The number of hydrogen-bond donors (Lipinski definition) is 0. The van der Waals surface area contributed by atoms with E-state index < -0.39 is 27.7 Å². The van der Waals surface area contributed by atoms with Crippen LogP contribution in [0.5, 0.6) is 0 Å². The molecule has 0 bridgehead atoms. The highest BCUT2D eigenvalue weighted by molar-refractivity contribution is 7.93. The molecule has 0 aliphatic rings. The molecule has 0 saturated carbocycles. The predicted octanol–water partition coefficient (Wildman–Crippen LogP) is 3.37. The van der Waals surface area contributed by atoms with Crippen molar-refractivity contribution in [2.24, 2.45) is 4.36 Å². The summed E-state index contributed by atoms with van der Waals surface area (Å²) in [4.78, 5) is 19.8. The zero-order chi connectivity index (χ0) is 20.4. The minimum Gasteiger partial charge on any atom is -0.329 e. The van der Waals surface area contributed by atoms with Crippen molar-refractivity contribution in [1.29, 1.82) is 0 Å². The summed E-state index contributed by atoms with van der Waals surface area (Å²) >= 11 is 0. The van der Waals surface area contributed by atoms with Gasteiger partial charge in [0.2, 0.25) is 0 Å². The van der Waals surface area contributed by atoms with Crippen molar-refractivity contribution < 1.29 is 26.7 Å². The Morgan fingerprint density at radius 3 is 2.36 bits per heavy atom. The van der Waals surface area contributed by atoms with Gasteiger partial charge in [0, 0.05) is 30.6 Å². The molecule has 3 rings (SSSR count). The molecule has 28 heavy (non-hydrogen) atoms. The molecule has 0 saturated heterocycles. The average molecular weight is 410 g/mol. The number of aromatic nitrogens is 3. The van der Waals surface area contributed by atoms with Crippen molar-refractivity contribution in [2.75, 3.05) is 6.26 Å². The molecule has 0 fully saturated rings. The van der Waals surface area contributed by atoms with Gasteiger partial charge in [-0.1, -0.05) is 17.3 Å². The third kappa shape index (κ3) is 4.60. The zero-order valence-corrected chi connectivity index (χ0v) is 15.2. The second-order valence-electron chi connectivity index (χ2n) is 5.77. The van der Waals surface area contributed by atoms with Gasteiger partial charge in [-0.3, -0.25) is 9.78 Å². The number of carbonyl (C=O) groups is 1. The van der Waals surface area contributed by atoms with E-state index in [9.17, 15) is 22.2 Å². The molecular weight excluding hydrogens is 397 g/mol. The summed E-state index contributed by atoms with van der Waals surface area (Å²) < 4.78 is 58.0. The number of nitrogens with zero attached hydrogens (tertiary/aromatic N) is 4. The van der Waals surface area contributed by atoms with E-state index in [4.69, 9.17) is 0 Å². The number of amides is 1. The maximum absolute atomic E-state index is 12.6. The average Bonchev–Trinajstić information content (AvgIpc) is 3.12. The second-order valence-corrected chi connectivity index (χ2v) is 8.03. The Balaban J connectivity index is 1.75. The largest absolute Gasteiger partial charge is 0.471 e. The van der Waals surface area contributed by atoms with E-state index in [-0.39, 0.29) is 17.8 Å². The fourth-order valence-corrected chi connectivity index (χ4v) is 3.40. The Hall–Kier alpha value is -3.08. The van der Waals surface area contributed by atoms with Gasteiger partial charge in [0.1, 0.15) is 0 Å². The number of carbonyl (C=O) groups excluding carboxylic acids is 1. The highest BCUT2D eigenvalue weighted by atomic mass is 32.2. The summed E-state index contributed by atoms with van der Waals surface area (Å²) in [7, 11) is -2.93. The molecule has 1 amide bonds. The van der Waals surface area contributed by atoms with Gasteiger partial charge in [0.05, 0.1) is 14.6 Å². The SMILES string of the molecule is CS(=O)(=NC(=O)c1ccc(Cc2noc(C(F)(F)F)n2)cc1)c1ccncc1. The number of benzene rings is 1. The number of pyridine rings is 1. The van der Waals surface area contributed by atoms with Crippen molar-refractivity contribution in [3.63, 3.8) is 0 Å². The maximum atomic E-state index is 12.6. The van der Waals surface area contributed by atoms with Gasteiger partial charge < -0.3 is 4.52 Å². The van der Waals surface area contributed by atoms with Crippen LogP contribution in [0.1, 0.15) is 27.6 Å². The van der Waals surface area contributed by atoms with Crippen LogP contribution in [0, 0.1) is 0 Å². The van der Waals surface area contributed by atoms with Gasteiger partial charge in [0.25, 0.3) is 5.91 Å². The van der Waals surface area contributed by atoms with E-state index >= 15 is 0 Å². The number of rotatable bonds is 4. The molecule has 2 heterocycles. The van der Waals surface area contributed by atoms with E-state index in [0.29, 0.717) is 10.5 Å². The van der Waals surface area contributed by atoms with Crippen molar-refractivity contribution in [1.82, 2.24) is 15.1 Å². The van der Waals surface area contributed by atoms with Crippen LogP contribution < -0.4 is 0 Å². The molecule has 11 heteroatoms. The lowest BCUT2D eigenvalue weighted by Crippen LogP contribution is -2.05. The predicted molar refractivity (Wildman–Crippen MR) is 91.9 cm³/mol. The molecule has 3 aromatic rings. The molecule has 0 N–H and O–H groups in total. The van der Waals surface area contributed by atoms with E-state index in [1.807, 2.05) is 0 Å². The minimum atomic E-state index is -4.70. The fourth-order valence-electron chi connectivity index (χ4n) is 2.24. The fraction of sp³-hybridized carbons (Fsp3) is 0.176.